The van der Waals surface area contributed by atoms with Gasteiger partial charge in [0, 0.05) is 61.7 Å². The summed E-state index contributed by atoms with van der Waals surface area (Å²) >= 11 is 0. The van der Waals surface area contributed by atoms with Gasteiger partial charge in [0.1, 0.15) is 29.0 Å². The maximum atomic E-state index is 17.8. The van der Waals surface area contributed by atoms with Crippen LogP contribution >= 0.6 is 0 Å². The molecule has 11 heteroatoms. The number of aromatic nitrogens is 2. The monoisotopic (exact) mass is 1180 g/mol. The summed E-state index contributed by atoms with van der Waals surface area (Å²) in [5, 5.41) is 4.42. The van der Waals surface area contributed by atoms with Gasteiger partial charge >= 0.3 is 0 Å². The third kappa shape index (κ3) is 7.70. The first-order chi connectivity index (χ1) is 44.2. The molecule has 18 rings (SSSR count). The van der Waals surface area contributed by atoms with Crippen LogP contribution in [0, 0.1) is 17.5 Å². The number of rotatable bonds is 5. The van der Waals surface area contributed by atoms with Gasteiger partial charge in [-0.2, -0.15) is 0 Å². The molecule has 0 saturated carbocycles. The summed E-state index contributed by atoms with van der Waals surface area (Å²) < 4.78 is 64.5. The Morgan fingerprint density at radius 1 is 0.297 bits per heavy atom. The van der Waals surface area contributed by atoms with Gasteiger partial charge in [0.2, 0.25) is 0 Å². The van der Waals surface area contributed by atoms with Crippen molar-refractivity contribution in [1.29, 1.82) is 0 Å². The van der Waals surface area contributed by atoms with Crippen molar-refractivity contribution in [2.24, 2.45) is 0 Å². The summed E-state index contributed by atoms with van der Waals surface area (Å²) in [6.45, 7) is 12.5. The van der Waals surface area contributed by atoms with Gasteiger partial charge in [0.15, 0.2) is 0 Å². The molecule has 0 fully saturated rings. The zero-order valence-corrected chi connectivity index (χ0v) is 51.0. The lowest BCUT2D eigenvalue weighted by molar-refractivity contribution is 0.487. The van der Waals surface area contributed by atoms with Crippen molar-refractivity contribution >= 4 is 141 Å². The Bertz CT molecular complexity index is 5480. The summed E-state index contributed by atoms with van der Waals surface area (Å²) in [5.41, 5.74) is 18.9. The molecule has 436 valence electrons. The van der Waals surface area contributed by atoms with Crippen molar-refractivity contribution in [2.75, 3.05) is 14.7 Å². The molecule has 0 N–H and O–H groups in total. The van der Waals surface area contributed by atoms with Gasteiger partial charge in [0.25, 0.3) is 13.4 Å². The second kappa shape index (κ2) is 19.2. The lowest BCUT2D eigenvalue weighted by Crippen LogP contribution is -2.64. The lowest BCUT2D eigenvalue weighted by Gasteiger charge is -2.46. The second-order valence-electron chi connectivity index (χ2n) is 26.8. The fourth-order valence-electron chi connectivity index (χ4n) is 15.5. The molecule has 14 aromatic rings. The van der Waals surface area contributed by atoms with E-state index in [2.05, 4.69) is 217 Å². The zero-order valence-electron chi connectivity index (χ0n) is 51.0. The molecule has 0 amide bonds. The molecule has 91 heavy (non-hydrogen) atoms. The van der Waals surface area contributed by atoms with E-state index in [9.17, 15) is 0 Å². The number of benzene rings is 12. The van der Waals surface area contributed by atoms with Crippen molar-refractivity contribution in [3.8, 4) is 22.9 Å². The highest BCUT2D eigenvalue weighted by Gasteiger charge is 2.49. The summed E-state index contributed by atoms with van der Waals surface area (Å²) in [6, 6.07) is 81.3. The Hall–Kier alpha value is -10.6. The summed E-state index contributed by atoms with van der Waals surface area (Å²) in [4.78, 5) is 6.22. The van der Waals surface area contributed by atoms with Crippen LogP contribution in [0.15, 0.2) is 243 Å². The quantitative estimate of drug-likeness (QED) is 0.161. The predicted octanol–water partition coefficient (Wildman–Crippen LogP) is 17.4. The Morgan fingerprint density at radius 3 is 1.20 bits per heavy atom. The molecule has 6 nitrogen and oxygen atoms in total. The molecular formula is C80H58B2F3N5O. The smallest absolute Gasteiger partial charge is 0.256 e. The van der Waals surface area contributed by atoms with Crippen LogP contribution in [0.3, 0.4) is 0 Å². The number of hydrogen-bond donors (Lipinski definition) is 0. The minimum absolute atomic E-state index is 0.137. The molecule has 6 heterocycles. The molecule has 0 saturated heterocycles. The molecule has 12 aromatic carbocycles. The predicted molar refractivity (Wildman–Crippen MR) is 372 cm³/mol. The molecule has 0 spiro atoms. The van der Waals surface area contributed by atoms with E-state index in [1.54, 1.807) is 18.2 Å². The number of ether oxygens (including phenoxy) is 1. The van der Waals surface area contributed by atoms with Crippen LogP contribution in [-0.4, -0.2) is 22.6 Å². The highest BCUT2D eigenvalue weighted by Crippen LogP contribution is 2.51. The third-order valence-electron chi connectivity index (χ3n) is 19.6. The first kappa shape index (κ1) is 53.4. The van der Waals surface area contributed by atoms with Crippen molar-refractivity contribution in [3.63, 3.8) is 0 Å². The van der Waals surface area contributed by atoms with Crippen LogP contribution in [0.1, 0.15) is 52.7 Å². The molecule has 0 atom stereocenters. The molecule has 2 aromatic heterocycles. The number of fused-ring (bicyclic) bond motifs is 14. The van der Waals surface area contributed by atoms with Crippen LogP contribution in [-0.2, 0) is 10.8 Å². The lowest BCUT2D eigenvalue weighted by atomic mass is 9.30. The van der Waals surface area contributed by atoms with E-state index in [4.69, 9.17) is 4.74 Å². The van der Waals surface area contributed by atoms with Crippen molar-refractivity contribution < 1.29 is 17.9 Å². The van der Waals surface area contributed by atoms with Gasteiger partial charge in [-0.05, 0) is 152 Å². The first-order valence-electron chi connectivity index (χ1n) is 31.3. The molecule has 0 unspecified atom stereocenters. The van der Waals surface area contributed by atoms with Crippen LogP contribution < -0.4 is 52.2 Å². The average Bonchev–Trinajstić information content (AvgIpc) is 1.10. The molecule has 0 radical (unpaired) electrons. The van der Waals surface area contributed by atoms with Crippen LogP contribution in [0.2, 0.25) is 0 Å². The van der Waals surface area contributed by atoms with Gasteiger partial charge in [-0.15, -0.1) is 0 Å². The first-order valence-corrected chi connectivity index (χ1v) is 31.3. The highest BCUT2D eigenvalue weighted by molar-refractivity contribution is 7.02. The Balaban J connectivity index is 0.973. The summed E-state index contributed by atoms with van der Waals surface area (Å²) in [6.07, 6.45) is 0. The third-order valence-corrected chi connectivity index (χ3v) is 19.6. The highest BCUT2D eigenvalue weighted by atomic mass is 19.1. The van der Waals surface area contributed by atoms with E-state index in [1.165, 1.54) is 29.3 Å². The topological polar surface area (TPSA) is 28.8 Å². The van der Waals surface area contributed by atoms with E-state index >= 15 is 13.2 Å². The molecule has 0 bridgehead atoms. The van der Waals surface area contributed by atoms with Crippen molar-refractivity contribution in [1.82, 2.24) is 9.13 Å². The molecule has 4 aliphatic heterocycles. The standard InChI is InChI=1S/C80H58B2F3N5O/c1-79(2,3)47-35-37-53-51-21-7-14-28-62(51)86(68(53)39-47)49-41-72-77-73(42-49)89(66-32-18-12-26-60(66)84)70-46-71-58(45-57(70)81(77)55-23-9-16-30-64(55)88(72)65-31-17-11-25-59(65)83)82-56-24-10-20-34-75(56)91-76-44-50(43-74(78(76)82)90(71)67-33-19-13-27-61(67)85)87-63-29-15-8-22-52(63)54-38-36-48(40-69(54)87)80(4,5)6/h7-46H,1-6H3. The summed E-state index contributed by atoms with van der Waals surface area (Å²) in [5.74, 6) is 0.167. The van der Waals surface area contributed by atoms with Crippen LogP contribution in [0.25, 0.3) is 55.0 Å². The van der Waals surface area contributed by atoms with Crippen LogP contribution in [0.5, 0.6) is 11.5 Å². The van der Waals surface area contributed by atoms with Gasteiger partial charge in [-0.3, -0.25) is 0 Å². The maximum absolute atomic E-state index is 17.8. The summed E-state index contributed by atoms with van der Waals surface area (Å²) in [7, 11) is 0. The fraction of sp³-hybridized carbons (Fsp3) is 0.100. The van der Waals surface area contributed by atoms with E-state index in [1.807, 2.05) is 54.6 Å². The maximum Gasteiger partial charge on any atom is 0.256 e. The SMILES string of the molecule is CC(C)(C)c1ccc2c3ccccc3n(-c3cc4c5c(c3)N(c3ccccc3F)c3cc6c(cc3B5c3ccccc3O4)B3c4ccccc4N(c4ccccc4F)c4cc(-n5c7ccccc7c7ccc(C(C)(C)C)cc75)cc(c43)N6c3ccccc3F)c2c1. The minimum Gasteiger partial charge on any atom is -0.458 e. The number of anilines is 9. The number of nitrogens with zero attached hydrogens (tertiary/aromatic N) is 5. The van der Waals surface area contributed by atoms with Gasteiger partial charge in [-0.25, -0.2) is 13.2 Å². The van der Waals surface area contributed by atoms with Gasteiger partial charge < -0.3 is 28.6 Å². The minimum atomic E-state index is -0.472. The van der Waals surface area contributed by atoms with Crippen molar-refractivity contribution in [3.05, 3.63) is 271 Å². The normalized spacial score (nSPS) is 13.7. The number of para-hydroxylation sites is 7. The number of halogens is 3. The van der Waals surface area contributed by atoms with Gasteiger partial charge in [-0.1, -0.05) is 181 Å². The molecule has 0 aliphatic carbocycles. The second-order valence-corrected chi connectivity index (χ2v) is 26.8. The van der Waals surface area contributed by atoms with Crippen LogP contribution in [0.4, 0.5) is 64.4 Å². The molecular weight excluding hydrogens is 1130 g/mol. The van der Waals surface area contributed by atoms with E-state index < -0.39 is 25.1 Å². The number of hydrogen-bond acceptors (Lipinski definition) is 4. The average molecular weight is 1180 g/mol. The fourth-order valence-corrected chi connectivity index (χ4v) is 15.5. The van der Waals surface area contributed by atoms with E-state index in [0.717, 1.165) is 128 Å². The Morgan fingerprint density at radius 2 is 0.692 bits per heavy atom. The van der Waals surface area contributed by atoms with Crippen molar-refractivity contribution in [2.45, 2.75) is 52.4 Å². The Labute approximate surface area is 526 Å². The molecule has 4 aliphatic rings. The van der Waals surface area contributed by atoms with E-state index in [-0.39, 0.29) is 16.6 Å². The zero-order chi connectivity index (χ0) is 61.5. The Kier molecular flexibility index (Phi) is 11.3. The largest absolute Gasteiger partial charge is 0.458 e. The van der Waals surface area contributed by atoms with E-state index in [0.29, 0.717) is 22.8 Å². The van der Waals surface area contributed by atoms with Gasteiger partial charge in [0.05, 0.1) is 50.5 Å².